The lowest BCUT2D eigenvalue weighted by atomic mass is 10.2. The number of hydrogen-bond acceptors (Lipinski definition) is 5. The first-order chi connectivity index (χ1) is 10.2. The molecular formula is C14H14FN3O2S. The number of nitrogens with one attached hydrogen (secondary N) is 1. The molecule has 7 heteroatoms. The van der Waals surface area contributed by atoms with Crippen molar-refractivity contribution in [3.05, 3.63) is 41.3 Å². The summed E-state index contributed by atoms with van der Waals surface area (Å²) in [5.74, 6) is 0.804. The normalized spacial score (nSPS) is 10.8. The predicted octanol–water partition coefficient (Wildman–Crippen LogP) is 3.16. The van der Waals surface area contributed by atoms with Crippen molar-refractivity contribution >= 4 is 22.0 Å². The molecule has 110 valence electrons. The highest BCUT2D eigenvalue weighted by Crippen LogP contribution is 2.26. The number of ether oxygens (including phenoxy) is 2. The van der Waals surface area contributed by atoms with Crippen molar-refractivity contribution in [3.63, 3.8) is 0 Å². The summed E-state index contributed by atoms with van der Waals surface area (Å²) in [6.07, 6.45) is 1.91. The van der Waals surface area contributed by atoms with Gasteiger partial charge in [-0.25, -0.2) is 4.39 Å². The van der Waals surface area contributed by atoms with E-state index in [4.69, 9.17) is 9.47 Å². The maximum absolute atomic E-state index is 13.8. The van der Waals surface area contributed by atoms with Gasteiger partial charge in [0.05, 0.1) is 26.5 Å². The molecule has 3 aromatic rings. The minimum absolute atomic E-state index is 0.333. The lowest BCUT2D eigenvalue weighted by molar-refractivity contribution is 0.395. The van der Waals surface area contributed by atoms with Gasteiger partial charge in [0.1, 0.15) is 17.3 Å². The minimum Gasteiger partial charge on any atom is -0.497 e. The molecule has 2 heterocycles. The van der Waals surface area contributed by atoms with E-state index in [2.05, 4.69) is 10.3 Å². The molecule has 0 radical (unpaired) electrons. The van der Waals surface area contributed by atoms with E-state index < -0.39 is 0 Å². The molecule has 0 bridgehead atoms. The van der Waals surface area contributed by atoms with E-state index >= 15 is 0 Å². The number of hydrogen-bond donors (Lipinski definition) is 1. The van der Waals surface area contributed by atoms with Crippen molar-refractivity contribution in [1.29, 1.82) is 0 Å². The highest BCUT2D eigenvalue weighted by Gasteiger charge is 2.14. The summed E-state index contributed by atoms with van der Waals surface area (Å²) in [6.45, 7) is 0.394. The Kier molecular flexibility index (Phi) is 3.66. The van der Waals surface area contributed by atoms with Gasteiger partial charge < -0.3 is 14.8 Å². The van der Waals surface area contributed by atoms with Crippen molar-refractivity contribution in [3.8, 4) is 11.6 Å². The number of rotatable bonds is 5. The van der Waals surface area contributed by atoms with Crippen LogP contribution in [0.4, 0.5) is 10.1 Å². The summed E-state index contributed by atoms with van der Waals surface area (Å²) < 4.78 is 26.1. The highest BCUT2D eigenvalue weighted by molar-refractivity contribution is 7.15. The number of nitrogens with zero attached hydrogens (tertiary/aromatic N) is 2. The average Bonchev–Trinajstić information content (AvgIpc) is 3.07. The van der Waals surface area contributed by atoms with E-state index in [-0.39, 0.29) is 5.82 Å². The quantitative estimate of drug-likeness (QED) is 0.786. The first kappa shape index (κ1) is 13.7. The summed E-state index contributed by atoms with van der Waals surface area (Å²) in [7, 11) is 3.12. The smallest absolute Gasteiger partial charge is 0.238 e. The summed E-state index contributed by atoms with van der Waals surface area (Å²) >= 11 is 1.52. The van der Waals surface area contributed by atoms with Crippen LogP contribution in [0.5, 0.6) is 11.6 Å². The summed E-state index contributed by atoms with van der Waals surface area (Å²) in [4.78, 5) is 5.20. The zero-order chi connectivity index (χ0) is 14.8. The molecule has 1 N–H and O–H groups in total. The Bertz CT molecular complexity index is 769. The van der Waals surface area contributed by atoms with Crippen LogP contribution in [-0.2, 0) is 6.54 Å². The average molecular weight is 307 g/mol. The van der Waals surface area contributed by atoms with Gasteiger partial charge in [0, 0.05) is 17.6 Å². The van der Waals surface area contributed by atoms with E-state index in [0.717, 1.165) is 10.7 Å². The molecule has 0 fully saturated rings. The number of methoxy groups -OCH3 is 2. The van der Waals surface area contributed by atoms with Crippen molar-refractivity contribution in [2.24, 2.45) is 0 Å². The lowest BCUT2D eigenvalue weighted by Gasteiger charge is -2.09. The maximum atomic E-state index is 13.8. The highest BCUT2D eigenvalue weighted by atomic mass is 32.1. The Morgan fingerprint density at radius 2 is 2.19 bits per heavy atom. The number of fused-ring (bicyclic) bond motifs is 1. The van der Waals surface area contributed by atoms with Crippen LogP contribution in [0.1, 0.15) is 5.69 Å². The second-order valence-electron chi connectivity index (χ2n) is 4.32. The van der Waals surface area contributed by atoms with Gasteiger partial charge >= 0.3 is 0 Å². The van der Waals surface area contributed by atoms with E-state index in [1.165, 1.54) is 17.4 Å². The van der Waals surface area contributed by atoms with Crippen LogP contribution in [0, 0.1) is 5.82 Å². The number of halogens is 1. The van der Waals surface area contributed by atoms with Crippen molar-refractivity contribution < 1.29 is 13.9 Å². The monoisotopic (exact) mass is 307 g/mol. The van der Waals surface area contributed by atoms with Gasteiger partial charge in [-0.15, -0.1) is 11.3 Å². The third-order valence-electron chi connectivity index (χ3n) is 3.14. The number of imidazole rings is 1. The third kappa shape index (κ3) is 2.52. The van der Waals surface area contributed by atoms with E-state index in [9.17, 15) is 4.39 Å². The van der Waals surface area contributed by atoms with Gasteiger partial charge in [-0.2, -0.15) is 4.98 Å². The molecule has 0 saturated heterocycles. The zero-order valence-corrected chi connectivity index (χ0v) is 12.4. The summed E-state index contributed by atoms with van der Waals surface area (Å²) in [6, 6.07) is 4.57. The van der Waals surface area contributed by atoms with Crippen molar-refractivity contribution in [2.75, 3.05) is 19.5 Å². The van der Waals surface area contributed by atoms with Crippen LogP contribution >= 0.6 is 11.3 Å². The fraction of sp³-hybridized carbons (Fsp3) is 0.214. The molecule has 21 heavy (non-hydrogen) atoms. The van der Waals surface area contributed by atoms with E-state index in [0.29, 0.717) is 23.9 Å². The SMILES string of the molecule is COc1ccc(F)c(NCc2c(OC)nc3sccn23)c1. The Hall–Kier alpha value is -2.28. The molecule has 0 aliphatic carbocycles. The van der Waals surface area contributed by atoms with Crippen molar-refractivity contribution in [2.45, 2.75) is 6.54 Å². The summed E-state index contributed by atoms with van der Waals surface area (Å²) in [5, 5.41) is 5.00. The molecule has 3 rings (SSSR count). The first-order valence-corrected chi connectivity index (χ1v) is 7.16. The fourth-order valence-corrected chi connectivity index (χ4v) is 2.81. The maximum Gasteiger partial charge on any atom is 0.238 e. The second-order valence-corrected chi connectivity index (χ2v) is 5.20. The molecule has 0 aliphatic heterocycles. The molecule has 1 aromatic carbocycles. The van der Waals surface area contributed by atoms with E-state index in [1.54, 1.807) is 26.4 Å². The van der Waals surface area contributed by atoms with Crippen molar-refractivity contribution in [1.82, 2.24) is 9.38 Å². The zero-order valence-electron chi connectivity index (χ0n) is 11.6. The van der Waals surface area contributed by atoms with Crippen LogP contribution < -0.4 is 14.8 Å². The molecule has 0 aliphatic rings. The number of anilines is 1. The summed E-state index contributed by atoms with van der Waals surface area (Å²) in [5.41, 5.74) is 1.22. The van der Waals surface area contributed by atoms with Gasteiger partial charge in [0.15, 0.2) is 4.96 Å². The Morgan fingerprint density at radius 1 is 1.33 bits per heavy atom. The largest absolute Gasteiger partial charge is 0.497 e. The molecule has 0 amide bonds. The van der Waals surface area contributed by atoms with Crippen LogP contribution in [-0.4, -0.2) is 23.6 Å². The standard InChI is InChI=1S/C14H14FN3O2S/c1-19-9-3-4-10(15)11(7-9)16-8-12-13(20-2)17-14-18(12)5-6-21-14/h3-7,16H,8H2,1-2H3. The van der Waals surface area contributed by atoms with Gasteiger partial charge in [0.25, 0.3) is 0 Å². The Labute approximate surface area is 125 Å². The molecule has 0 spiro atoms. The molecule has 2 aromatic heterocycles. The van der Waals surface area contributed by atoms with Gasteiger partial charge in [-0.05, 0) is 12.1 Å². The molecular weight excluding hydrogens is 293 g/mol. The van der Waals surface area contributed by atoms with Gasteiger partial charge in [-0.3, -0.25) is 4.40 Å². The topological polar surface area (TPSA) is 47.8 Å². The molecule has 5 nitrogen and oxygen atoms in total. The number of aromatic nitrogens is 2. The van der Waals surface area contributed by atoms with Crippen LogP contribution in [0.15, 0.2) is 29.8 Å². The molecule has 0 unspecified atom stereocenters. The number of benzene rings is 1. The lowest BCUT2D eigenvalue weighted by Crippen LogP contribution is -2.05. The van der Waals surface area contributed by atoms with Crippen LogP contribution in [0.25, 0.3) is 4.96 Å². The van der Waals surface area contributed by atoms with Crippen LogP contribution in [0.3, 0.4) is 0 Å². The first-order valence-electron chi connectivity index (χ1n) is 6.28. The minimum atomic E-state index is -0.333. The van der Waals surface area contributed by atoms with Gasteiger partial charge in [-0.1, -0.05) is 0 Å². The van der Waals surface area contributed by atoms with Crippen LogP contribution in [0.2, 0.25) is 0 Å². The predicted molar refractivity (Wildman–Crippen MR) is 79.9 cm³/mol. The Balaban J connectivity index is 1.87. The molecule has 0 atom stereocenters. The molecule has 0 saturated carbocycles. The second kappa shape index (κ2) is 5.61. The van der Waals surface area contributed by atoms with Gasteiger partial charge in [0.2, 0.25) is 5.88 Å². The number of thiazole rings is 1. The fourth-order valence-electron chi connectivity index (χ4n) is 2.08. The van der Waals surface area contributed by atoms with E-state index in [1.807, 2.05) is 16.0 Å². The third-order valence-corrected chi connectivity index (χ3v) is 3.89. The Morgan fingerprint density at radius 3 is 2.95 bits per heavy atom.